The summed E-state index contributed by atoms with van der Waals surface area (Å²) in [7, 11) is 3.79. The molecule has 1 saturated carbocycles. The number of aromatic nitrogens is 7. The van der Waals surface area contributed by atoms with E-state index in [1.807, 2.05) is 73.5 Å². The Kier molecular flexibility index (Phi) is 9.14. The van der Waals surface area contributed by atoms with Crippen LogP contribution in [-0.4, -0.2) is 52.4 Å². The highest BCUT2D eigenvalue weighted by Gasteiger charge is 2.31. The number of carbonyl (C=O) groups is 1. The number of carbonyl (C=O) groups excluding carboxylic acids is 1. The maximum atomic E-state index is 13.7. The Balaban J connectivity index is 1.13. The number of nitrogens with zero attached hydrogens (tertiary/aromatic N) is 9. The van der Waals surface area contributed by atoms with Crippen molar-refractivity contribution < 1.29 is 4.79 Å². The predicted molar refractivity (Wildman–Crippen MR) is 175 cm³/mol. The first-order valence-electron chi connectivity index (χ1n) is 15.3. The van der Waals surface area contributed by atoms with Crippen molar-refractivity contribution in [3.8, 4) is 17.2 Å². The lowest BCUT2D eigenvalue weighted by Crippen LogP contribution is -2.49. The van der Waals surface area contributed by atoms with Crippen molar-refractivity contribution in [1.29, 1.82) is 5.26 Å². The maximum Gasteiger partial charge on any atom is 0.323 e. The molecule has 0 aliphatic heterocycles. The summed E-state index contributed by atoms with van der Waals surface area (Å²) < 4.78 is 3.66. The van der Waals surface area contributed by atoms with E-state index in [1.54, 1.807) is 28.2 Å². The molecule has 4 aromatic heterocycles. The molecule has 0 radical (unpaired) electrons. The molecule has 6 rings (SSSR count). The zero-order valence-corrected chi connectivity index (χ0v) is 25.8. The lowest BCUT2D eigenvalue weighted by atomic mass is 9.90. The standard InChI is InChI=1S/C33H36N12O/c1-43-15-14-35-30(43)21-37-31-25(16-34)19-38-32(42-31)41-27-9-11-28(12-10-27)45(33(46)39-17-23-6-4-3-5-7-23)29-13-8-24(18-36-29)26-20-40-44(2)22-26/h3-8,13-15,18-20,22,27-28H,9-12,17,21H2,1-2H3,(H,39,46)(H2,37,38,41,42). The van der Waals surface area contributed by atoms with Crippen molar-refractivity contribution in [3.05, 3.63) is 96.6 Å². The third-order valence-electron chi connectivity index (χ3n) is 8.18. The Morgan fingerprint density at radius 3 is 2.48 bits per heavy atom. The van der Waals surface area contributed by atoms with Gasteiger partial charge in [0.15, 0.2) is 0 Å². The van der Waals surface area contributed by atoms with Crippen LogP contribution in [0.4, 0.5) is 22.4 Å². The van der Waals surface area contributed by atoms with Crippen molar-refractivity contribution in [3.63, 3.8) is 0 Å². The zero-order valence-electron chi connectivity index (χ0n) is 25.8. The average Bonchev–Trinajstić information content (AvgIpc) is 3.72. The van der Waals surface area contributed by atoms with Gasteiger partial charge in [0, 0.05) is 68.6 Å². The first-order chi connectivity index (χ1) is 22.5. The van der Waals surface area contributed by atoms with Crippen molar-refractivity contribution in [1.82, 2.24) is 39.6 Å². The van der Waals surface area contributed by atoms with E-state index in [9.17, 15) is 10.1 Å². The van der Waals surface area contributed by atoms with Crippen LogP contribution in [0, 0.1) is 11.3 Å². The lowest BCUT2D eigenvalue weighted by Gasteiger charge is -2.36. The zero-order chi connectivity index (χ0) is 31.9. The van der Waals surface area contributed by atoms with Crippen LogP contribution in [0.15, 0.2) is 79.6 Å². The molecule has 0 atom stereocenters. The lowest BCUT2D eigenvalue weighted by molar-refractivity contribution is 0.240. The third-order valence-corrected chi connectivity index (χ3v) is 8.18. The van der Waals surface area contributed by atoms with Crippen LogP contribution in [0.5, 0.6) is 0 Å². The highest BCUT2D eigenvalue weighted by atomic mass is 16.2. The molecule has 13 nitrogen and oxygen atoms in total. The summed E-state index contributed by atoms with van der Waals surface area (Å²) >= 11 is 0. The van der Waals surface area contributed by atoms with E-state index in [0.717, 1.165) is 48.2 Å². The van der Waals surface area contributed by atoms with Gasteiger partial charge in [0.05, 0.1) is 18.9 Å². The van der Waals surface area contributed by atoms with E-state index >= 15 is 0 Å². The van der Waals surface area contributed by atoms with Gasteiger partial charge in [0.25, 0.3) is 0 Å². The van der Waals surface area contributed by atoms with Gasteiger partial charge in [0.1, 0.15) is 29.1 Å². The number of pyridine rings is 1. The minimum Gasteiger partial charge on any atom is -0.362 e. The third kappa shape index (κ3) is 7.13. The Hall–Kier alpha value is -5.77. The number of amides is 2. The molecule has 1 aromatic carbocycles. The highest BCUT2D eigenvalue weighted by Crippen LogP contribution is 2.30. The molecule has 5 aromatic rings. The molecule has 46 heavy (non-hydrogen) atoms. The largest absolute Gasteiger partial charge is 0.362 e. The fourth-order valence-corrected chi connectivity index (χ4v) is 5.64. The summed E-state index contributed by atoms with van der Waals surface area (Å²) in [6, 6.07) is 15.8. The van der Waals surface area contributed by atoms with Gasteiger partial charge in [-0.1, -0.05) is 30.3 Å². The van der Waals surface area contributed by atoms with Crippen LogP contribution in [-0.2, 0) is 27.2 Å². The van der Waals surface area contributed by atoms with Crippen LogP contribution in [0.2, 0.25) is 0 Å². The summed E-state index contributed by atoms with van der Waals surface area (Å²) in [4.78, 5) is 33.5. The van der Waals surface area contributed by atoms with Crippen molar-refractivity contribution >= 4 is 23.6 Å². The van der Waals surface area contributed by atoms with Gasteiger partial charge in [0.2, 0.25) is 5.95 Å². The molecule has 13 heteroatoms. The Labute approximate surface area is 267 Å². The fraction of sp³-hybridized carbons (Fsp3) is 0.303. The second kappa shape index (κ2) is 13.9. The molecule has 2 amide bonds. The van der Waals surface area contributed by atoms with E-state index in [-0.39, 0.29) is 18.1 Å². The summed E-state index contributed by atoms with van der Waals surface area (Å²) in [5, 5.41) is 23.6. The van der Waals surface area contributed by atoms with Crippen LogP contribution in [0.3, 0.4) is 0 Å². The fourth-order valence-electron chi connectivity index (χ4n) is 5.64. The Morgan fingerprint density at radius 2 is 1.80 bits per heavy atom. The number of hydrogen-bond donors (Lipinski definition) is 3. The summed E-state index contributed by atoms with van der Waals surface area (Å²) in [5.41, 5.74) is 3.29. The van der Waals surface area contributed by atoms with E-state index in [0.29, 0.717) is 36.2 Å². The minimum atomic E-state index is -0.180. The summed E-state index contributed by atoms with van der Waals surface area (Å²) in [6.45, 7) is 0.854. The average molecular weight is 617 g/mol. The molecule has 3 N–H and O–H groups in total. The van der Waals surface area contributed by atoms with Gasteiger partial charge in [-0.3, -0.25) is 9.58 Å². The molecular weight excluding hydrogens is 580 g/mol. The van der Waals surface area contributed by atoms with Gasteiger partial charge in [-0.25, -0.2) is 19.7 Å². The van der Waals surface area contributed by atoms with Gasteiger partial charge in [-0.2, -0.15) is 15.3 Å². The molecule has 4 heterocycles. The van der Waals surface area contributed by atoms with Crippen molar-refractivity contribution in [2.24, 2.45) is 14.1 Å². The van der Waals surface area contributed by atoms with Gasteiger partial charge in [-0.15, -0.1) is 0 Å². The molecule has 1 fully saturated rings. The molecule has 234 valence electrons. The van der Waals surface area contributed by atoms with Crippen LogP contribution >= 0.6 is 0 Å². The molecule has 0 spiro atoms. The van der Waals surface area contributed by atoms with Crippen LogP contribution < -0.4 is 20.9 Å². The first kappa shape index (κ1) is 30.3. The number of nitriles is 1. The maximum absolute atomic E-state index is 13.7. The smallest absolute Gasteiger partial charge is 0.323 e. The second-order valence-corrected chi connectivity index (χ2v) is 11.3. The number of hydrogen-bond acceptors (Lipinski definition) is 9. The highest BCUT2D eigenvalue weighted by molar-refractivity contribution is 5.91. The topological polar surface area (TPSA) is 154 Å². The molecule has 0 bridgehead atoms. The molecule has 1 aliphatic carbocycles. The summed E-state index contributed by atoms with van der Waals surface area (Å²) in [5.74, 6) is 2.34. The Morgan fingerprint density at radius 1 is 0.978 bits per heavy atom. The van der Waals surface area contributed by atoms with E-state index in [2.05, 4.69) is 42.1 Å². The van der Waals surface area contributed by atoms with Crippen LogP contribution in [0.1, 0.15) is 42.6 Å². The number of aryl methyl sites for hydroxylation is 2. The second-order valence-electron chi connectivity index (χ2n) is 11.3. The number of imidazole rings is 1. The van der Waals surface area contributed by atoms with Gasteiger partial charge >= 0.3 is 6.03 Å². The minimum absolute atomic E-state index is 0.0394. The quantitative estimate of drug-likeness (QED) is 0.204. The van der Waals surface area contributed by atoms with Gasteiger partial charge in [-0.05, 0) is 43.4 Å². The number of urea groups is 1. The molecule has 0 unspecified atom stereocenters. The molecular formula is C33H36N12O. The normalized spacial score (nSPS) is 15.9. The number of nitrogens with one attached hydrogen (secondary N) is 3. The van der Waals surface area contributed by atoms with Crippen molar-refractivity contribution in [2.75, 3.05) is 15.5 Å². The van der Waals surface area contributed by atoms with Crippen LogP contribution in [0.25, 0.3) is 11.1 Å². The summed E-state index contributed by atoms with van der Waals surface area (Å²) in [6.07, 6.45) is 13.8. The number of benzene rings is 1. The molecule has 1 aliphatic rings. The number of anilines is 3. The number of rotatable bonds is 10. The first-order valence-corrected chi connectivity index (χ1v) is 15.3. The van der Waals surface area contributed by atoms with Gasteiger partial charge < -0.3 is 20.5 Å². The monoisotopic (exact) mass is 616 g/mol. The van der Waals surface area contributed by atoms with E-state index < -0.39 is 0 Å². The SMILES string of the molecule is Cn1cc(-c2ccc(N(C(=O)NCc3ccccc3)C3CCC(Nc4ncc(C#N)c(NCc5nccn5C)n4)CC3)nc2)cn1. The van der Waals surface area contributed by atoms with E-state index in [4.69, 9.17) is 4.98 Å². The predicted octanol–water partition coefficient (Wildman–Crippen LogP) is 4.63. The van der Waals surface area contributed by atoms with Crippen molar-refractivity contribution in [2.45, 2.75) is 50.9 Å². The molecule has 0 saturated heterocycles. The Bertz CT molecular complexity index is 1800. The van der Waals surface area contributed by atoms with E-state index in [1.165, 1.54) is 6.20 Å².